The monoisotopic (exact) mass is 442 g/mol. The van der Waals surface area contributed by atoms with E-state index in [9.17, 15) is 14.7 Å². The number of carbonyl (C=O) groups is 1. The molecular formula is C28H42O4. The molecule has 4 heteroatoms. The lowest BCUT2D eigenvalue weighted by Gasteiger charge is -2.61. The Labute approximate surface area is 193 Å². The van der Waals surface area contributed by atoms with Crippen molar-refractivity contribution in [3.8, 4) is 0 Å². The second-order valence-electron chi connectivity index (χ2n) is 11.9. The largest absolute Gasteiger partial charge is 0.512 e. The highest BCUT2D eigenvalue weighted by molar-refractivity contribution is 5.69. The average molecular weight is 443 g/mol. The van der Waals surface area contributed by atoms with Crippen molar-refractivity contribution in [1.29, 1.82) is 0 Å². The summed E-state index contributed by atoms with van der Waals surface area (Å²) in [4.78, 5) is 24.2. The van der Waals surface area contributed by atoms with E-state index in [2.05, 4.69) is 26.7 Å². The number of hydrogen-bond donors (Lipinski definition) is 1. The Kier molecular flexibility index (Phi) is 6.40. The summed E-state index contributed by atoms with van der Waals surface area (Å²) in [6.45, 7) is 8.98. The Morgan fingerprint density at radius 3 is 2.50 bits per heavy atom. The molecule has 4 aliphatic rings. The lowest BCUT2D eigenvalue weighted by atomic mass is 9.42. The van der Waals surface area contributed by atoms with Crippen LogP contribution in [-0.2, 0) is 14.3 Å². The van der Waals surface area contributed by atoms with Crippen LogP contribution in [0.3, 0.4) is 0 Å². The molecule has 0 radical (unpaired) electrons. The molecule has 0 aliphatic heterocycles. The maximum Gasteiger partial charge on any atom is 0.305 e. The summed E-state index contributed by atoms with van der Waals surface area (Å²) in [6.07, 6.45) is 10.7. The van der Waals surface area contributed by atoms with Crippen molar-refractivity contribution < 1.29 is 19.4 Å². The molecule has 0 amide bonds. The van der Waals surface area contributed by atoms with E-state index in [1.54, 1.807) is 6.92 Å². The molecule has 0 bridgehead atoms. The van der Waals surface area contributed by atoms with Gasteiger partial charge in [-0.1, -0.05) is 33.6 Å². The van der Waals surface area contributed by atoms with Crippen molar-refractivity contribution in [2.45, 2.75) is 91.9 Å². The summed E-state index contributed by atoms with van der Waals surface area (Å²) in [5.41, 5.74) is 2.08. The predicted octanol–water partition coefficient (Wildman–Crippen LogP) is 6.43. The number of esters is 1. The first kappa shape index (κ1) is 23.6. The minimum absolute atomic E-state index is 0.122. The summed E-state index contributed by atoms with van der Waals surface area (Å²) in [7, 11) is 1.46. The second-order valence-corrected chi connectivity index (χ2v) is 11.9. The number of rotatable bonds is 4. The van der Waals surface area contributed by atoms with Gasteiger partial charge in [0, 0.05) is 23.5 Å². The number of aliphatic hydroxyl groups is 1. The smallest absolute Gasteiger partial charge is 0.305 e. The van der Waals surface area contributed by atoms with Crippen LogP contribution >= 0.6 is 0 Å². The van der Waals surface area contributed by atoms with Crippen LogP contribution < -0.4 is 0 Å². The van der Waals surface area contributed by atoms with Gasteiger partial charge in [0.2, 0.25) is 0 Å². The third kappa shape index (κ3) is 3.49. The second kappa shape index (κ2) is 8.67. The fourth-order valence-corrected chi connectivity index (χ4v) is 9.12. The van der Waals surface area contributed by atoms with Crippen LogP contribution in [0, 0.1) is 46.3 Å². The molecule has 0 aromatic carbocycles. The van der Waals surface area contributed by atoms with Crippen molar-refractivity contribution in [1.82, 2.24) is 0 Å². The van der Waals surface area contributed by atoms with Gasteiger partial charge in [0.05, 0.1) is 12.9 Å². The van der Waals surface area contributed by atoms with Gasteiger partial charge >= 0.3 is 5.97 Å². The zero-order valence-electron chi connectivity index (χ0n) is 20.7. The molecule has 2 unspecified atom stereocenters. The van der Waals surface area contributed by atoms with E-state index < -0.39 is 0 Å². The maximum absolute atomic E-state index is 12.5. The Morgan fingerprint density at radius 1 is 1.12 bits per heavy atom. The molecule has 0 aromatic heterocycles. The molecule has 4 nitrogen and oxygen atoms in total. The molecule has 8 atom stereocenters. The molecule has 0 saturated heterocycles. The maximum atomic E-state index is 12.5. The Hall–Kier alpha value is -1.54. The molecule has 1 N–H and O–H groups in total. The van der Waals surface area contributed by atoms with Crippen molar-refractivity contribution in [2.75, 3.05) is 7.11 Å². The Morgan fingerprint density at radius 2 is 1.84 bits per heavy atom. The molecule has 0 aromatic rings. The van der Waals surface area contributed by atoms with Gasteiger partial charge in [0.25, 0.3) is 0 Å². The number of fused-ring (bicyclic) bond motifs is 5. The highest BCUT2D eigenvalue weighted by Crippen LogP contribution is 2.70. The van der Waals surface area contributed by atoms with Crippen LogP contribution in [0.15, 0.2) is 16.9 Å². The molecule has 4 fully saturated rings. The van der Waals surface area contributed by atoms with Gasteiger partial charge in [-0.3, -0.25) is 4.79 Å². The normalized spacial score (nSPS) is 43.4. The lowest BCUT2D eigenvalue weighted by Crippen LogP contribution is -2.55. The Bertz CT molecular complexity index is 832. The van der Waals surface area contributed by atoms with E-state index in [0.29, 0.717) is 41.8 Å². The number of methoxy groups -OCH3 is 1. The molecule has 0 heterocycles. The van der Waals surface area contributed by atoms with E-state index >= 15 is 0 Å². The fourth-order valence-electron chi connectivity index (χ4n) is 9.12. The van der Waals surface area contributed by atoms with E-state index in [1.807, 2.05) is 0 Å². The average Bonchev–Trinajstić information content (AvgIpc) is 3.12. The third-order valence-corrected chi connectivity index (χ3v) is 10.6. The zero-order valence-corrected chi connectivity index (χ0v) is 20.7. The van der Waals surface area contributed by atoms with Gasteiger partial charge in [-0.15, -0.1) is 0 Å². The molecule has 32 heavy (non-hydrogen) atoms. The fraction of sp³-hybridized carbons (Fsp3) is 0.821. The van der Waals surface area contributed by atoms with Gasteiger partial charge in [0.15, 0.2) is 0 Å². The van der Waals surface area contributed by atoms with Crippen molar-refractivity contribution in [3.05, 3.63) is 16.9 Å². The molecule has 178 valence electrons. The number of ether oxygens (including phenoxy) is 1. The van der Waals surface area contributed by atoms with Crippen LogP contribution in [0.5, 0.6) is 0 Å². The summed E-state index contributed by atoms with van der Waals surface area (Å²) >= 11 is 0. The van der Waals surface area contributed by atoms with Gasteiger partial charge < -0.3 is 9.84 Å². The van der Waals surface area contributed by atoms with E-state index in [4.69, 9.17) is 4.74 Å². The summed E-state index contributed by atoms with van der Waals surface area (Å²) in [5, 5.41) is 10.7. The zero-order chi connectivity index (χ0) is 23.3. The first-order valence-electron chi connectivity index (χ1n) is 12.9. The third-order valence-electron chi connectivity index (χ3n) is 10.6. The van der Waals surface area contributed by atoms with Crippen molar-refractivity contribution >= 4 is 11.9 Å². The number of carbonyl (C=O) groups excluding carboxylic acids is 2. The quantitative estimate of drug-likeness (QED) is 0.309. The van der Waals surface area contributed by atoms with Crippen LogP contribution in [-0.4, -0.2) is 24.1 Å². The van der Waals surface area contributed by atoms with Crippen LogP contribution in [0.2, 0.25) is 0 Å². The minimum Gasteiger partial charge on any atom is -0.512 e. The first-order valence-corrected chi connectivity index (χ1v) is 12.9. The van der Waals surface area contributed by atoms with Crippen molar-refractivity contribution in [3.63, 3.8) is 0 Å². The molecule has 4 aliphatic carbocycles. The number of aliphatic hydroxyl groups excluding tert-OH is 1. The van der Waals surface area contributed by atoms with Gasteiger partial charge in [0.1, 0.15) is 5.94 Å². The standard InChI is InChI=1S/C28H42O4/c1-17(9-12-24(31)32-5)20-10-11-22-26-19(16-29)25(18(2)30)21-8-6-7-14-27(21,3)23(26)13-15-28(20,22)4/h17,20-23,26,30H,6-15H2,1-5H3/t17?,20-,21?,22+,23+,26+,27+,28-/m1/s1. The molecule has 0 spiro atoms. The van der Waals surface area contributed by atoms with Crippen LogP contribution in [0.1, 0.15) is 91.9 Å². The van der Waals surface area contributed by atoms with E-state index in [1.165, 1.54) is 32.8 Å². The summed E-state index contributed by atoms with van der Waals surface area (Å²) < 4.78 is 4.88. The van der Waals surface area contributed by atoms with Gasteiger partial charge in [-0.2, -0.15) is 0 Å². The highest BCUT2D eigenvalue weighted by Gasteiger charge is 2.63. The Balaban J connectivity index is 1.69. The number of hydrogen-bond acceptors (Lipinski definition) is 4. The SMILES string of the molecule is COC(=O)CCC(C)[C@H]1CC[C@H]2[C@@H]3C(=C=O)C(=C(C)O)C4CCCC[C@]4(C)[C@H]3CC[C@]12C. The summed E-state index contributed by atoms with van der Waals surface area (Å²) in [5.74, 6) is 5.10. The molecular weight excluding hydrogens is 400 g/mol. The van der Waals surface area contributed by atoms with E-state index in [-0.39, 0.29) is 22.7 Å². The van der Waals surface area contributed by atoms with Gasteiger partial charge in [-0.25, -0.2) is 4.79 Å². The highest BCUT2D eigenvalue weighted by atomic mass is 16.5. The summed E-state index contributed by atoms with van der Waals surface area (Å²) in [6, 6.07) is 0. The molecule has 4 saturated carbocycles. The topological polar surface area (TPSA) is 63.6 Å². The molecule has 4 rings (SSSR count). The van der Waals surface area contributed by atoms with Crippen LogP contribution in [0.4, 0.5) is 0 Å². The number of allylic oxidation sites excluding steroid dienone is 3. The van der Waals surface area contributed by atoms with Crippen LogP contribution in [0.25, 0.3) is 0 Å². The minimum atomic E-state index is -0.122. The lowest BCUT2D eigenvalue weighted by molar-refractivity contribution is -0.141. The van der Waals surface area contributed by atoms with Crippen molar-refractivity contribution in [2.24, 2.45) is 46.3 Å². The first-order chi connectivity index (χ1) is 15.2. The van der Waals surface area contributed by atoms with E-state index in [0.717, 1.165) is 43.3 Å². The van der Waals surface area contributed by atoms with Gasteiger partial charge in [-0.05, 0) is 92.3 Å². The predicted molar refractivity (Wildman–Crippen MR) is 126 cm³/mol.